The van der Waals surface area contributed by atoms with Gasteiger partial charge in [0.25, 0.3) is 0 Å². The molecule has 2 rings (SSSR count). The van der Waals surface area contributed by atoms with E-state index in [-0.39, 0.29) is 0 Å². The van der Waals surface area contributed by atoms with Crippen LogP contribution in [0.5, 0.6) is 0 Å². The second-order valence-electron chi connectivity index (χ2n) is 5.83. The number of rotatable bonds is 10. The molecule has 2 aromatic rings. The Balaban J connectivity index is 1.75. The summed E-state index contributed by atoms with van der Waals surface area (Å²) in [5.74, 6) is 0.784. The molecule has 0 saturated heterocycles. The molecule has 0 aliphatic heterocycles. The highest BCUT2D eigenvalue weighted by Gasteiger charge is 2.01. The zero-order valence-electron chi connectivity index (χ0n) is 15.7. The van der Waals surface area contributed by atoms with Crippen LogP contribution in [0.25, 0.3) is 0 Å². The summed E-state index contributed by atoms with van der Waals surface area (Å²) in [6.45, 7) is 6.02. The van der Waals surface area contributed by atoms with Crippen LogP contribution in [0, 0.1) is 0 Å². The van der Waals surface area contributed by atoms with E-state index in [1.807, 2.05) is 25.1 Å². The predicted octanol–water partition coefficient (Wildman–Crippen LogP) is 3.10. The SMILES string of the molecule is CCOCCOCc1cccc(CNC(=NC)NCc2ccccc2)c1. The third kappa shape index (κ3) is 7.68. The number of hydrogen-bond acceptors (Lipinski definition) is 3. The first-order valence-corrected chi connectivity index (χ1v) is 9.03. The lowest BCUT2D eigenvalue weighted by atomic mass is 10.1. The molecular weight excluding hydrogens is 326 g/mol. The van der Waals surface area contributed by atoms with Crippen molar-refractivity contribution in [2.24, 2.45) is 4.99 Å². The number of guanidine groups is 1. The number of nitrogens with one attached hydrogen (secondary N) is 2. The fraction of sp³-hybridized carbons (Fsp3) is 0.381. The highest BCUT2D eigenvalue weighted by atomic mass is 16.5. The molecule has 0 spiro atoms. The summed E-state index contributed by atoms with van der Waals surface area (Å²) in [7, 11) is 1.78. The minimum absolute atomic E-state index is 0.599. The van der Waals surface area contributed by atoms with Crippen LogP contribution in [0.2, 0.25) is 0 Å². The van der Waals surface area contributed by atoms with Gasteiger partial charge in [-0.15, -0.1) is 0 Å². The first-order valence-electron chi connectivity index (χ1n) is 9.03. The molecule has 0 amide bonds. The largest absolute Gasteiger partial charge is 0.379 e. The number of aliphatic imine (C=N–C) groups is 1. The fourth-order valence-corrected chi connectivity index (χ4v) is 2.47. The first kappa shape index (κ1) is 19.9. The maximum Gasteiger partial charge on any atom is 0.191 e. The van der Waals surface area contributed by atoms with Crippen molar-refractivity contribution in [2.45, 2.75) is 26.6 Å². The summed E-state index contributed by atoms with van der Waals surface area (Å²) in [5.41, 5.74) is 3.58. The Kier molecular flexibility index (Phi) is 9.25. The molecule has 2 N–H and O–H groups in total. The van der Waals surface area contributed by atoms with Crippen molar-refractivity contribution in [3.63, 3.8) is 0 Å². The number of nitrogens with zero attached hydrogens (tertiary/aromatic N) is 1. The van der Waals surface area contributed by atoms with E-state index in [4.69, 9.17) is 9.47 Å². The molecule has 0 heterocycles. The van der Waals surface area contributed by atoms with Gasteiger partial charge in [0.2, 0.25) is 0 Å². The van der Waals surface area contributed by atoms with E-state index in [9.17, 15) is 0 Å². The van der Waals surface area contributed by atoms with Crippen LogP contribution >= 0.6 is 0 Å². The average molecular weight is 355 g/mol. The molecule has 26 heavy (non-hydrogen) atoms. The standard InChI is InChI=1S/C21H29N3O2/c1-3-25-12-13-26-17-20-11-7-10-19(14-20)16-24-21(22-2)23-15-18-8-5-4-6-9-18/h4-11,14H,3,12-13,15-17H2,1-2H3,(H2,22,23,24). The van der Waals surface area contributed by atoms with Gasteiger partial charge in [0, 0.05) is 26.7 Å². The highest BCUT2D eigenvalue weighted by molar-refractivity contribution is 5.79. The summed E-state index contributed by atoms with van der Waals surface area (Å²) in [4.78, 5) is 4.27. The van der Waals surface area contributed by atoms with Crippen molar-refractivity contribution in [3.05, 3.63) is 71.3 Å². The fourth-order valence-electron chi connectivity index (χ4n) is 2.47. The Morgan fingerprint density at radius 1 is 0.846 bits per heavy atom. The lowest BCUT2D eigenvalue weighted by molar-refractivity contribution is 0.0453. The third-order valence-corrected chi connectivity index (χ3v) is 3.82. The van der Waals surface area contributed by atoms with Gasteiger partial charge in [-0.05, 0) is 23.6 Å². The summed E-state index contributed by atoms with van der Waals surface area (Å²) in [6, 6.07) is 18.7. The quantitative estimate of drug-likeness (QED) is 0.391. The second-order valence-corrected chi connectivity index (χ2v) is 5.83. The zero-order valence-corrected chi connectivity index (χ0v) is 15.7. The van der Waals surface area contributed by atoms with Gasteiger partial charge in [0.15, 0.2) is 5.96 Å². The molecule has 0 atom stereocenters. The maximum atomic E-state index is 5.63. The van der Waals surface area contributed by atoms with Crippen molar-refractivity contribution < 1.29 is 9.47 Å². The molecule has 2 aromatic carbocycles. The van der Waals surface area contributed by atoms with Gasteiger partial charge in [0.1, 0.15) is 0 Å². The predicted molar refractivity (Wildman–Crippen MR) is 106 cm³/mol. The molecule has 0 radical (unpaired) electrons. The van der Waals surface area contributed by atoms with E-state index in [0.717, 1.165) is 24.7 Å². The minimum Gasteiger partial charge on any atom is -0.379 e. The molecule has 0 aliphatic rings. The zero-order chi connectivity index (χ0) is 18.5. The van der Waals surface area contributed by atoms with Crippen LogP contribution in [0.4, 0.5) is 0 Å². The van der Waals surface area contributed by atoms with Crippen LogP contribution in [0.3, 0.4) is 0 Å². The third-order valence-electron chi connectivity index (χ3n) is 3.82. The molecule has 0 bridgehead atoms. The summed E-state index contributed by atoms with van der Waals surface area (Å²) in [5, 5.41) is 6.67. The van der Waals surface area contributed by atoms with Crippen molar-refractivity contribution in [1.29, 1.82) is 0 Å². The van der Waals surface area contributed by atoms with Gasteiger partial charge in [-0.2, -0.15) is 0 Å². The minimum atomic E-state index is 0.599. The molecule has 0 aliphatic carbocycles. The van der Waals surface area contributed by atoms with Crippen molar-refractivity contribution >= 4 is 5.96 Å². The van der Waals surface area contributed by atoms with Gasteiger partial charge in [-0.3, -0.25) is 4.99 Å². The van der Waals surface area contributed by atoms with Crippen molar-refractivity contribution in [1.82, 2.24) is 10.6 Å². The van der Waals surface area contributed by atoms with Gasteiger partial charge in [0.05, 0.1) is 19.8 Å². The number of ether oxygens (including phenoxy) is 2. The second kappa shape index (κ2) is 12.1. The van der Waals surface area contributed by atoms with Crippen LogP contribution in [0.1, 0.15) is 23.6 Å². The van der Waals surface area contributed by atoms with E-state index in [1.165, 1.54) is 11.1 Å². The normalized spacial score (nSPS) is 11.4. The van der Waals surface area contributed by atoms with Crippen molar-refractivity contribution in [3.8, 4) is 0 Å². The lowest BCUT2D eigenvalue weighted by Gasteiger charge is -2.13. The van der Waals surface area contributed by atoms with E-state index in [2.05, 4.69) is 52.0 Å². The average Bonchev–Trinajstić information content (AvgIpc) is 2.69. The summed E-state index contributed by atoms with van der Waals surface area (Å²) in [6.07, 6.45) is 0. The summed E-state index contributed by atoms with van der Waals surface area (Å²) < 4.78 is 10.9. The first-order chi connectivity index (χ1) is 12.8. The molecule has 0 unspecified atom stereocenters. The van der Waals surface area contributed by atoms with Gasteiger partial charge in [-0.25, -0.2) is 0 Å². The monoisotopic (exact) mass is 355 g/mol. The van der Waals surface area contributed by atoms with Crippen LogP contribution in [-0.4, -0.2) is 32.8 Å². The molecular formula is C21H29N3O2. The lowest BCUT2D eigenvalue weighted by Crippen LogP contribution is -2.36. The van der Waals surface area contributed by atoms with Crippen molar-refractivity contribution in [2.75, 3.05) is 26.9 Å². The molecule has 5 heteroatoms. The van der Waals surface area contributed by atoms with Crippen LogP contribution in [0.15, 0.2) is 59.6 Å². The van der Waals surface area contributed by atoms with Gasteiger partial charge >= 0.3 is 0 Å². The highest BCUT2D eigenvalue weighted by Crippen LogP contribution is 2.07. The Bertz CT molecular complexity index is 659. The van der Waals surface area contributed by atoms with Gasteiger partial charge in [-0.1, -0.05) is 54.6 Å². The van der Waals surface area contributed by atoms with Gasteiger partial charge < -0.3 is 20.1 Å². The molecule has 140 valence electrons. The molecule has 0 aromatic heterocycles. The topological polar surface area (TPSA) is 54.9 Å². The van der Waals surface area contributed by atoms with Crippen LogP contribution < -0.4 is 10.6 Å². The Labute approximate surface area is 156 Å². The molecule has 5 nitrogen and oxygen atoms in total. The molecule has 0 fully saturated rings. The number of benzene rings is 2. The van der Waals surface area contributed by atoms with E-state index in [0.29, 0.717) is 26.4 Å². The number of hydrogen-bond donors (Lipinski definition) is 2. The van der Waals surface area contributed by atoms with Crippen LogP contribution in [-0.2, 0) is 29.2 Å². The summed E-state index contributed by atoms with van der Waals surface area (Å²) >= 11 is 0. The van der Waals surface area contributed by atoms with E-state index < -0.39 is 0 Å². The maximum absolute atomic E-state index is 5.63. The molecule has 0 saturated carbocycles. The Hall–Kier alpha value is -2.37. The smallest absolute Gasteiger partial charge is 0.191 e. The van der Waals surface area contributed by atoms with E-state index in [1.54, 1.807) is 7.05 Å². The van der Waals surface area contributed by atoms with E-state index >= 15 is 0 Å². The Morgan fingerprint density at radius 2 is 1.50 bits per heavy atom. The Morgan fingerprint density at radius 3 is 2.23 bits per heavy atom.